The van der Waals surface area contributed by atoms with E-state index in [1.165, 1.54) is 0 Å². The van der Waals surface area contributed by atoms with Gasteiger partial charge in [-0.2, -0.15) is 0 Å². The van der Waals surface area contributed by atoms with Crippen molar-refractivity contribution in [3.63, 3.8) is 0 Å². The zero-order valence-corrected chi connectivity index (χ0v) is 10.6. The van der Waals surface area contributed by atoms with E-state index in [1.54, 1.807) is 0 Å². The van der Waals surface area contributed by atoms with Crippen LogP contribution in [0, 0.1) is 0 Å². The molecule has 0 unspecified atom stereocenters. The third-order valence-corrected chi connectivity index (χ3v) is 3.29. The normalized spacial score (nSPS) is 40.4. The first-order valence-corrected chi connectivity index (χ1v) is 6.89. The second kappa shape index (κ2) is 6.10. The van der Waals surface area contributed by atoms with Gasteiger partial charge in [0.25, 0.3) is 0 Å². The number of ether oxygens (including phenoxy) is 1. The first kappa shape index (κ1) is 16.9. The summed E-state index contributed by atoms with van der Waals surface area (Å²) in [5.74, 6) is -2.40. The van der Waals surface area contributed by atoms with Gasteiger partial charge in [0.15, 0.2) is 5.79 Å². The fourth-order valence-electron chi connectivity index (χ4n) is 1.74. The van der Waals surface area contributed by atoms with Gasteiger partial charge in [-0.3, -0.25) is 4.52 Å². The minimum Gasteiger partial charge on any atom is -0.394 e. The quantitative estimate of drug-likeness (QED) is 0.254. The number of hydrogen-bond donors (Lipinski definition) is 7. The lowest BCUT2D eigenvalue weighted by molar-refractivity contribution is -0.352. The highest BCUT2D eigenvalue weighted by atomic mass is 31.2. The van der Waals surface area contributed by atoms with Crippen LogP contribution in [0.3, 0.4) is 0 Å². The topological polar surface area (TPSA) is 177 Å². The summed E-state index contributed by atoms with van der Waals surface area (Å²) < 4.78 is 19.4. The zero-order chi connectivity index (χ0) is 14.8. The Labute approximate surface area is 108 Å². The molecule has 0 saturated carbocycles. The minimum absolute atomic E-state index is 0.584. The molecule has 1 aliphatic heterocycles. The van der Waals surface area contributed by atoms with E-state index in [-0.39, 0.29) is 0 Å². The number of phosphoric ester groups is 1. The maximum Gasteiger partial charge on any atom is 0.469 e. The third kappa shape index (κ3) is 4.17. The maximum atomic E-state index is 10.5. The molecule has 1 aliphatic rings. The highest BCUT2D eigenvalue weighted by Crippen LogP contribution is 2.37. The second-order valence-electron chi connectivity index (χ2n) is 4.18. The molecular formula is C8H17O10P. The van der Waals surface area contributed by atoms with Gasteiger partial charge >= 0.3 is 7.82 Å². The van der Waals surface area contributed by atoms with E-state index >= 15 is 0 Å². The van der Waals surface area contributed by atoms with Crippen molar-refractivity contribution in [3.8, 4) is 0 Å². The molecule has 0 radical (unpaired) electrons. The molecule has 0 spiro atoms. The lowest BCUT2D eigenvalue weighted by atomic mass is 9.91. The number of hydrogen-bond acceptors (Lipinski definition) is 8. The molecule has 11 heteroatoms. The highest BCUT2D eigenvalue weighted by molar-refractivity contribution is 7.46. The van der Waals surface area contributed by atoms with Crippen LogP contribution in [0.4, 0.5) is 0 Å². The van der Waals surface area contributed by atoms with Crippen molar-refractivity contribution >= 4 is 7.82 Å². The summed E-state index contributed by atoms with van der Waals surface area (Å²) in [6, 6.07) is 0. The monoisotopic (exact) mass is 304 g/mol. The molecule has 5 atom stereocenters. The Balaban J connectivity index is 2.70. The van der Waals surface area contributed by atoms with Gasteiger partial charge in [0.2, 0.25) is 0 Å². The molecule has 7 N–H and O–H groups in total. The van der Waals surface area contributed by atoms with Gasteiger partial charge in [-0.05, 0) is 0 Å². The molecule has 0 amide bonds. The van der Waals surface area contributed by atoms with E-state index in [4.69, 9.17) is 19.6 Å². The minimum atomic E-state index is -4.74. The Bertz CT molecular complexity index is 342. The molecular weight excluding hydrogens is 287 g/mol. The Kier molecular flexibility index (Phi) is 5.43. The van der Waals surface area contributed by atoms with E-state index in [1.807, 2.05) is 0 Å². The van der Waals surface area contributed by atoms with Crippen molar-refractivity contribution in [1.29, 1.82) is 0 Å². The summed E-state index contributed by atoms with van der Waals surface area (Å²) in [7, 11) is -4.74. The molecule has 1 saturated heterocycles. The molecule has 0 aromatic rings. The van der Waals surface area contributed by atoms with Gasteiger partial charge in [0, 0.05) is 6.42 Å². The summed E-state index contributed by atoms with van der Waals surface area (Å²) in [5, 5.41) is 47.4. The predicted molar refractivity (Wildman–Crippen MR) is 57.5 cm³/mol. The van der Waals surface area contributed by atoms with Crippen LogP contribution in [0.2, 0.25) is 0 Å². The van der Waals surface area contributed by atoms with Gasteiger partial charge in [0.1, 0.15) is 24.4 Å². The van der Waals surface area contributed by atoms with E-state index in [0.717, 1.165) is 0 Å². The van der Waals surface area contributed by atoms with Crippen LogP contribution in [0.25, 0.3) is 0 Å². The van der Waals surface area contributed by atoms with Crippen LogP contribution in [-0.4, -0.2) is 78.7 Å². The molecule has 0 aromatic carbocycles. The molecule has 1 rings (SSSR count). The standard InChI is InChI=1S/C8H17O10P/c9-3-4-5(10)6(11)7(12)8(13,18-4)1-2-17-19(14,15)16/h4-7,9-13H,1-3H2,(H2,14,15,16)/t4-,5-,6+,7-,8-/m1/s1. The molecule has 1 fully saturated rings. The number of rotatable bonds is 5. The van der Waals surface area contributed by atoms with Crippen LogP contribution in [0.15, 0.2) is 0 Å². The van der Waals surface area contributed by atoms with Crippen LogP contribution in [0.1, 0.15) is 6.42 Å². The predicted octanol–water partition coefficient (Wildman–Crippen LogP) is -3.35. The van der Waals surface area contributed by atoms with Crippen molar-refractivity contribution in [3.05, 3.63) is 0 Å². The number of aliphatic hydroxyl groups excluding tert-OH is 4. The largest absolute Gasteiger partial charge is 0.469 e. The van der Waals surface area contributed by atoms with Crippen molar-refractivity contribution in [2.45, 2.75) is 36.6 Å². The maximum absolute atomic E-state index is 10.5. The third-order valence-electron chi connectivity index (χ3n) is 2.77. The second-order valence-corrected chi connectivity index (χ2v) is 5.42. The van der Waals surface area contributed by atoms with Crippen LogP contribution in [0.5, 0.6) is 0 Å². The summed E-state index contributed by atoms with van der Waals surface area (Å²) in [5.41, 5.74) is 0. The fourth-order valence-corrected chi connectivity index (χ4v) is 2.07. The highest BCUT2D eigenvalue weighted by Gasteiger charge is 2.52. The van der Waals surface area contributed by atoms with E-state index < -0.39 is 57.7 Å². The molecule has 10 nitrogen and oxygen atoms in total. The number of aliphatic hydroxyl groups is 5. The van der Waals surface area contributed by atoms with Gasteiger partial charge in [-0.1, -0.05) is 0 Å². The Morgan fingerprint density at radius 2 is 1.79 bits per heavy atom. The van der Waals surface area contributed by atoms with Crippen LogP contribution >= 0.6 is 7.82 Å². The molecule has 19 heavy (non-hydrogen) atoms. The summed E-state index contributed by atoms with van der Waals surface area (Å²) in [6.07, 6.45) is -7.25. The van der Waals surface area contributed by atoms with Gasteiger partial charge in [-0.15, -0.1) is 0 Å². The lowest BCUT2D eigenvalue weighted by Crippen LogP contribution is -2.65. The smallest absolute Gasteiger partial charge is 0.394 e. The first-order chi connectivity index (χ1) is 8.60. The van der Waals surface area contributed by atoms with Crippen molar-refractivity contribution in [2.24, 2.45) is 0 Å². The molecule has 114 valence electrons. The van der Waals surface area contributed by atoms with Gasteiger partial charge < -0.3 is 40.1 Å². The van der Waals surface area contributed by atoms with Crippen molar-refractivity contribution in [1.82, 2.24) is 0 Å². The average Bonchev–Trinajstić information content (AvgIpc) is 2.30. The van der Waals surface area contributed by atoms with Crippen LogP contribution < -0.4 is 0 Å². The Morgan fingerprint density at radius 3 is 2.26 bits per heavy atom. The number of phosphoric acid groups is 1. The van der Waals surface area contributed by atoms with E-state index in [0.29, 0.717) is 0 Å². The lowest BCUT2D eigenvalue weighted by Gasteiger charge is -2.45. The van der Waals surface area contributed by atoms with Crippen LogP contribution in [-0.2, 0) is 13.8 Å². The Morgan fingerprint density at radius 1 is 1.21 bits per heavy atom. The average molecular weight is 304 g/mol. The molecule has 0 aliphatic carbocycles. The molecule has 1 heterocycles. The summed E-state index contributed by atoms with van der Waals surface area (Å²) >= 11 is 0. The van der Waals surface area contributed by atoms with Crippen molar-refractivity contribution in [2.75, 3.05) is 13.2 Å². The summed E-state index contributed by atoms with van der Waals surface area (Å²) in [4.78, 5) is 16.9. The molecule has 0 bridgehead atoms. The van der Waals surface area contributed by atoms with E-state index in [2.05, 4.69) is 4.52 Å². The van der Waals surface area contributed by atoms with Gasteiger partial charge in [0.05, 0.1) is 13.2 Å². The SMILES string of the molecule is O=P(O)(O)OCC[C@@]1(O)O[C@H](CO)[C@@H](O)[C@H](O)[C@H]1O. The Hall–Kier alpha value is -0.130. The molecule has 0 aromatic heterocycles. The van der Waals surface area contributed by atoms with Gasteiger partial charge in [-0.25, -0.2) is 4.57 Å². The van der Waals surface area contributed by atoms with Crippen molar-refractivity contribution < 1.29 is 49.1 Å². The first-order valence-electron chi connectivity index (χ1n) is 5.36. The van der Waals surface area contributed by atoms with E-state index in [9.17, 15) is 25.0 Å². The fraction of sp³-hybridized carbons (Fsp3) is 1.00. The summed E-state index contributed by atoms with van der Waals surface area (Å²) in [6.45, 7) is -1.40. The zero-order valence-electron chi connectivity index (χ0n) is 9.73.